The van der Waals surface area contributed by atoms with Crippen LogP contribution in [0.25, 0.3) is 0 Å². The van der Waals surface area contributed by atoms with Gasteiger partial charge in [0.15, 0.2) is 0 Å². The summed E-state index contributed by atoms with van der Waals surface area (Å²) in [5.41, 5.74) is 2.11. The maximum atomic E-state index is 12.4. The second kappa shape index (κ2) is 6.97. The molecular formula is C18H18BrNO2. The number of amides is 1. The van der Waals surface area contributed by atoms with Gasteiger partial charge in [-0.1, -0.05) is 64.5 Å². The molecule has 2 aromatic carbocycles. The molecule has 0 bridgehead atoms. The van der Waals surface area contributed by atoms with Crippen molar-refractivity contribution in [2.75, 3.05) is 0 Å². The van der Waals surface area contributed by atoms with E-state index in [4.69, 9.17) is 4.74 Å². The number of rotatable bonds is 5. The zero-order chi connectivity index (χ0) is 15.4. The summed E-state index contributed by atoms with van der Waals surface area (Å²) in [5.74, 6) is 0. The van der Waals surface area contributed by atoms with E-state index in [1.165, 1.54) is 0 Å². The highest BCUT2D eigenvalue weighted by molar-refractivity contribution is 9.10. The fourth-order valence-corrected chi connectivity index (χ4v) is 2.75. The Kier molecular flexibility index (Phi) is 4.78. The van der Waals surface area contributed by atoms with Gasteiger partial charge in [0.05, 0.1) is 6.54 Å². The first-order chi connectivity index (χ1) is 10.7. The van der Waals surface area contributed by atoms with E-state index < -0.39 is 0 Å². The van der Waals surface area contributed by atoms with Crippen molar-refractivity contribution in [3.8, 4) is 0 Å². The number of carbonyl (C=O) groups is 1. The third kappa shape index (κ3) is 3.89. The molecule has 4 heteroatoms. The maximum Gasteiger partial charge on any atom is 0.410 e. The van der Waals surface area contributed by atoms with E-state index in [9.17, 15) is 4.79 Å². The molecule has 0 aromatic heterocycles. The van der Waals surface area contributed by atoms with Gasteiger partial charge in [0, 0.05) is 10.5 Å². The van der Waals surface area contributed by atoms with Gasteiger partial charge in [-0.2, -0.15) is 0 Å². The number of halogens is 1. The highest BCUT2D eigenvalue weighted by Crippen LogP contribution is 2.30. The van der Waals surface area contributed by atoms with E-state index >= 15 is 0 Å². The van der Waals surface area contributed by atoms with Gasteiger partial charge in [0.2, 0.25) is 0 Å². The van der Waals surface area contributed by atoms with E-state index in [-0.39, 0.29) is 6.09 Å². The number of ether oxygens (including phenoxy) is 1. The summed E-state index contributed by atoms with van der Waals surface area (Å²) >= 11 is 3.54. The molecule has 0 atom stereocenters. The number of carbonyl (C=O) groups excluding carboxylic acids is 1. The zero-order valence-corrected chi connectivity index (χ0v) is 13.8. The standard InChI is InChI=1S/C18H18BrNO2/c19-17-9-5-4-8-15(17)12-20(16-10-11-16)18(21)22-13-14-6-2-1-3-7-14/h1-9,16H,10-13H2. The van der Waals surface area contributed by atoms with Crippen molar-refractivity contribution < 1.29 is 9.53 Å². The SMILES string of the molecule is O=C(OCc1ccccc1)N(Cc1ccccc1Br)C1CC1. The Morgan fingerprint density at radius 1 is 1.09 bits per heavy atom. The van der Waals surface area contributed by atoms with Crippen LogP contribution in [0.1, 0.15) is 24.0 Å². The molecule has 0 unspecified atom stereocenters. The number of hydrogen-bond acceptors (Lipinski definition) is 2. The predicted octanol–water partition coefficient (Wildman–Crippen LogP) is 4.75. The van der Waals surface area contributed by atoms with E-state index in [1.807, 2.05) is 59.5 Å². The lowest BCUT2D eigenvalue weighted by atomic mass is 10.2. The summed E-state index contributed by atoms with van der Waals surface area (Å²) in [7, 11) is 0. The van der Waals surface area contributed by atoms with Gasteiger partial charge in [-0.25, -0.2) is 4.79 Å². The quantitative estimate of drug-likeness (QED) is 0.770. The molecule has 1 amide bonds. The molecule has 2 aromatic rings. The van der Waals surface area contributed by atoms with E-state index in [0.29, 0.717) is 19.2 Å². The molecule has 0 radical (unpaired) electrons. The lowest BCUT2D eigenvalue weighted by Crippen LogP contribution is -2.33. The largest absolute Gasteiger partial charge is 0.445 e. The van der Waals surface area contributed by atoms with E-state index in [1.54, 1.807) is 0 Å². The van der Waals surface area contributed by atoms with E-state index in [0.717, 1.165) is 28.4 Å². The van der Waals surface area contributed by atoms with Crippen molar-refractivity contribution in [1.82, 2.24) is 4.90 Å². The summed E-state index contributed by atoms with van der Waals surface area (Å²) in [5, 5.41) is 0. The first-order valence-electron chi connectivity index (χ1n) is 7.45. The molecule has 0 aliphatic heterocycles. The fourth-order valence-electron chi connectivity index (χ4n) is 2.34. The lowest BCUT2D eigenvalue weighted by Gasteiger charge is -2.22. The molecule has 0 heterocycles. The lowest BCUT2D eigenvalue weighted by molar-refractivity contribution is 0.0909. The Balaban J connectivity index is 1.64. The number of nitrogens with zero attached hydrogens (tertiary/aromatic N) is 1. The smallest absolute Gasteiger partial charge is 0.410 e. The highest BCUT2D eigenvalue weighted by Gasteiger charge is 2.33. The fraction of sp³-hybridized carbons (Fsp3) is 0.278. The Labute approximate surface area is 139 Å². The van der Waals surface area contributed by atoms with Crippen LogP contribution in [-0.2, 0) is 17.9 Å². The van der Waals surface area contributed by atoms with Crippen LogP contribution in [0.15, 0.2) is 59.1 Å². The van der Waals surface area contributed by atoms with Crippen LogP contribution in [0.4, 0.5) is 4.79 Å². The molecule has 0 N–H and O–H groups in total. The summed E-state index contributed by atoms with van der Waals surface area (Å²) in [6.07, 6.45) is 1.89. The molecule has 114 valence electrons. The zero-order valence-electron chi connectivity index (χ0n) is 12.2. The van der Waals surface area contributed by atoms with Crippen molar-refractivity contribution in [3.63, 3.8) is 0 Å². The van der Waals surface area contributed by atoms with Crippen molar-refractivity contribution in [3.05, 3.63) is 70.2 Å². The molecule has 1 fully saturated rings. The van der Waals surface area contributed by atoms with Crippen LogP contribution >= 0.6 is 15.9 Å². The van der Waals surface area contributed by atoms with Crippen molar-refractivity contribution in [2.24, 2.45) is 0 Å². The highest BCUT2D eigenvalue weighted by atomic mass is 79.9. The second-order valence-corrected chi connectivity index (χ2v) is 6.35. The monoisotopic (exact) mass is 359 g/mol. The molecule has 1 aliphatic carbocycles. The van der Waals surface area contributed by atoms with Crippen LogP contribution < -0.4 is 0 Å². The molecule has 0 saturated heterocycles. The van der Waals surface area contributed by atoms with Crippen LogP contribution in [0.5, 0.6) is 0 Å². The van der Waals surface area contributed by atoms with Crippen LogP contribution in [-0.4, -0.2) is 17.0 Å². The number of hydrogen-bond donors (Lipinski definition) is 0. The molecule has 3 nitrogen and oxygen atoms in total. The summed E-state index contributed by atoms with van der Waals surface area (Å²) in [6.45, 7) is 0.901. The Morgan fingerprint density at radius 2 is 1.77 bits per heavy atom. The normalized spacial score (nSPS) is 13.7. The van der Waals surface area contributed by atoms with Gasteiger partial charge >= 0.3 is 6.09 Å². The summed E-state index contributed by atoms with van der Waals surface area (Å²) in [6, 6.07) is 18.1. The minimum atomic E-state index is -0.234. The minimum Gasteiger partial charge on any atom is -0.445 e. The van der Waals surface area contributed by atoms with Crippen molar-refractivity contribution in [1.29, 1.82) is 0 Å². The predicted molar refractivity (Wildman–Crippen MR) is 89.3 cm³/mol. The molecule has 0 spiro atoms. The average molecular weight is 360 g/mol. The van der Waals surface area contributed by atoms with Crippen molar-refractivity contribution in [2.45, 2.75) is 32.0 Å². The molecule has 1 aliphatic rings. The summed E-state index contributed by atoms with van der Waals surface area (Å²) in [4.78, 5) is 14.2. The van der Waals surface area contributed by atoms with Gasteiger partial charge in [-0.15, -0.1) is 0 Å². The van der Waals surface area contributed by atoms with Gasteiger partial charge < -0.3 is 9.64 Å². The molecule has 3 rings (SSSR count). The third-order valence-corrected chi connectivity index (χ3v) is 4.50. The Bertz CT molecular complexity index is 641. The van der Waals surface area contributed by atoms with Gasteiger partial charge in [0.25, 0.3) is 0 Å². The van der Waals surface area contributed by atoms with Crippen LogP contribution in [0.2, 0.25) is 0 Å². The Morgan fingerprint density at radius 3 is 2.45 bits per heavy atom. The maximum absolute atomic E-state index is 12.4. The van der Waals surface area contributed by atoms with Gasteiger partial charge in [-0.3, -0.25) is 0 Å². The van der Waals surface area contributed by atoms with Crippen LogP contribution in [0, 0.1) is 0 Å². The first kappa shape index (κ1) is 15.1. The minimum absolute atomic E-state index is 0.234. The number of benzene rings is 2. The van der Waals surface area contributed by atoms with Gasteiger partial charge in [-0.05, 0) is 30.0 Å². The van der Waals surface area contributed by atoms with Crippen LogP contribution in [0.3, 0.4) is 0 Å². The Hall–Kier alpha value is -1.81. The van der Waals surface area contributed by atoms with Gasteiger partial charge in [0.1, 0.15) is 6.61 Å². The second-order valence-electron chi connectivity index (χ2n) is 5.49. The average Bonchev–Trinajstić information content (AvgIpc) is 3.37. The topological polar surface area (TPSA) is 29.5 Å². The molecule has 22 heavy (non-hydrogen) atoms. The third-order valence-electron chi connectivity index (χ3n) is 3.73. The first-order valence-corrected chi connectivity index (χ1v) is 8.24. The molecule has 1 saturated carbocycles. The van der Waals surface area contributed by atoms with E-state index in [2.05, 4.69) is 15.9 Å². The van der Waals surface area contributed by atoms with Crippen molar-refractivity contribution >= 4 is 22.0 Å². The molecular weight excluding hydrogens is 342 g/mol. The summed E-state index contributed by atoms with van der Waals surface area (Å²) < 4.78 is 6.50.